The summed E-state index contributed by atoms with van der Waals surface area (Å²) in [4.78, 5) is 11.0. The van der Waals surface area contributed by atoms with E-state index in [1.807, 2.05) is 12.1 Å². The van der Waals surface area contributed by atoms with E-state index in [1.165, 1.54) is 6.07 Å². The molecule has 1 aromatic carbocycles. The van der Waals surface area contributed by atoms with Gasteiger partial charge in [-0.2, -0.15) is 0 Å². The van der Waals surface area contributed by atoms with Gasteiger partial charge in [-0.3, -0.25) is 4.98 Å². The minimum atomic E-state index is -0.638. The molecular formula is C14H11F2N3. The molecule has 0 aliphatic carbocycles. The topological polar surface area (TPSA) is 41.6 Å². The van der Waals surface area contributed by atoms with Crippen LogP contribution in [0.5, 0.6) is 0 Å². The minimum absolute atomic E-state index is 0.186. The third-order valence-electron chi connectivity index (χ3n) is 2.95. The molecule has 3 rings (SSSR count). The molecule has 0 bridgehead atoms. The average Bonchev–Trinajstić information content (AvgIpc) is 2.81. The number of benzene rings is 1. The van der Waals surface area contributed by atoms with Crippen LogP contribution in [0.2, 0.25) is 0 Å². The summed E-state index contributed by atoms with van der Waals surface area (Å²) in [6.07, 6.45) is 4.86. The van der Waals surface area contributed by atoms with Crippen LogP contribution in [0.3, 0.4) is 0 Å². The van der Waals surface area contributed by atoms with E-state index in [-0.39, 0.29) is 5.52 Å². The highest BCUT2D eigenvalue weighted by atomic mass is 19.1. The third-order valence-corrected chi connectivity index (χ3v) is 2.95. The van der Waals surface area contributed by atoms with E-state index < -0.39 is 11.6 Å². The molecule has 1 N–H and O–H groups in total. The summed E-state index contributed by atoms with van der Waals surface area (Å²) in [6.45, 7) is 0. The highest BCUT2D eigenvalue weighted by molar-refractivity contribution is 5.75. The molecule has 0 amide bonds. The van der Waals surface area contributed by atoms with Crippen molar-refractivity contribution in [1.29, 1.82) is 0 Å². The van der Waals surface area contributed by atoms with Gasteiger partial charge in [0.05, 0.1) is 5.52 Å². The number of nitrogens with one attached hydrogen (secondary N) is 1. The summed E-state index contributed by atoms with van der Waals surface area (Å²) in [7, 11) is 0. The molecule has 2 aromatic heterocycles. The highest BCUT2D eigenvalue weighted by Gasteiger charge is 2.09. The Labute approximate surface area is 108 Å². The largest absolute Gasteiger partial charge is 0.342 e. The minimum Gasteiger partial charge on any atom is -0.342 e. The van der Waals surface area contributed by atoms with Gasteiger partial charge in [0.1, 0.15) is 17.2 Å². The Morgan fingerprint density at radius 1 is 1.05 bits per heavy atom. The van der Waals surface area contributed by atoms with Gasteiger partial charge in [0.2, 0.25) is 0 Å². The lowest BCUT2D eigenvalue weighted by molar-refractivity contribution is 0.590. The molecule has 0 atom stereocenters. The number of H-pyrrole nitrogens is 1. The van der Waals surface area contributed by atoms with E-state index in [0.29, 0.717) is 17.8 Å². The summed E-state index contributed by atoms with van der Waals surface area (Å²) in [5.74, 6) is -0.591. The maximum atomic E-state index is 13.5. The first-order valence-electron chi connectivity index (χ1n) is 5.95. The Morgan fingerprint density at radius 3 is 2.63 bits per heavy atom. The van der Waals surface area contributed by atoms with Crippen molar-refractivity contribution in [3.63, 3.8) is 0 Å². The second-order valence-electron chi connectivity index (χ2n) is 4.32. The number of aromatic nitrogens is 3. The van der Waals surface area contributed by atoms with Gasteiger partial charge in [0, 0.05) is 24.9 Å². The Bertz CT molecular complexity index is 707. The maximum absolute atomic E-state index is 13.5. The quantitative estimate of drug-likeness (QED) is 0.785. The second kappa shape index (κ2) is 4.76. The van der Waals surface area contributed by atoms with Gasteiger partial charge in [-0.1, -0.05) is 0 Å². The van der Waals surface area contributed by atoms with Crippen LogP contribution in [-0.2, 0) is 12.8 Å². The molecule has 3 nitrogen and oxygen atoms in total. The standard InChI is InChI=1S/C14H11F2N3/c15-10-7-11(16)14-12(8-10)18-13(19-14)2-1-9-3-5-17-6-4-9/h3-8H,1-2H2,(H,18,19). The fourth-order valence-electron chi connectivity index (χ4n) is 2.02. The van der Waals surface area contributed by atoms with Crippen molar-refractivity contribution >= 4 is 11.0 Å². The molecule has 0 unspecified atom stereocenters. The number of rotatable bonds is 3. The van der Waals surface area contributed by atoms with Crippen molar-refractivity contribution in [1.82, 2.24) is 15.0 Å². The lowest BCUT2D eigenvalue weighted by Gasteiger charge is -1.97. The van der Waals surface area contributed by atoms with Gasteiger partial charge in [-0.05, 0) is 30.2 Å². The fraction of sp³-hybridized carbons (Fsp3) is 0.143. The first kappa shape index (κ1) is 11.8. The van der Waals surface area contributed by atoms with E-state index in [0.717, 1.165) is 18.1 Å². The van der Waals surface area contributed by atoms with Crippen LogP contribution in [0.25, 0.3) is 11.0 Å². The van der Waals surface area contributed by atoms with E-state index in [1.54, 1.807) is 12.4 Å². The lowest BCUT2D eigenvalue weighted by atomic mass is 10.1. The monoisotopic (exact) mass is 259 g/mol. The Balaban J connectivity index is 1.84. The molecule has 0 radical (unpaired) electrons. The van der Waals surface area contributed by atoms with Gasteiger partial charge in [-0.15, -0.1) is 0 Å². The molecule has 5 heteroatoms. The van der Waals surface area contributed by atoms with Crippen molar-refractivity contribution in [3.8, 4) is 0 Å². The first-order valence-corrected chi connectivity index (χ1v) is 5.95. The molecule has 19 heavy (non-hydrogen) atoms. The normalized spacial score (nSPS) is 11.1. The van der Waals surface area contributed by atoms with E-state index in [4.69, 9.17) is 0 Å². The number of hydrogen-bond donors (Lipinski definition) is 1. The van der Waals surface area contributed by atoms with Crippen molar-refractivity contribution in [2.24, 2.45) is 0 Å². The van der Waals surface area contributed by atoms with Crippen molar-refractivity contribution in [2.75, 3.05) is 0 Å². The summed E-state index contributed by atoms with van der Waals surface area (Å²) in [5.41, 5.74) is 1.70. The van der Waals surface area contributed by atoms with Gasteiger partial charge < -0.3 is 4.98 Å². The zero-order valence-electron chi connectivity index (χ0n) is 10.0. The number of nitrogens with zero attached hydrogens (tertiary/aromatic N) is 2. The molecule has 0 saturated heterocycles. The molecule has 96 valence electrons. The Kier molecular flexibility index (Phi) is 2.95. The van der Waals surface area contributed by atoms with Crippen LogP contribution in [0.1, 0.15) is 11.4 Å². The van der Waals surface area contributed by atoms with Crippen LogP contribution in [0.15, 0.2) is 36.7 Å². The van der Waals surface area contributed by atoms with Gasteiger partial charge in [0.25, 0.3) is 0 Å². The first-order chi connectivity index (χ1) is 9.22. The number of imidazole rings is 1. The van der Waals surface area contributed by atoms with Crippen LogP contribution >= 0.6 is 0 Å². The smallest absolute Gasteiger partial charge is 0.153 e. The number of aromatic amines is 1. The van der Waals surface area contributed by atoms with Crippen LogP contribution < -0.4 is 0 Å². The van der Waals surface area contributed by atoms with Gasteiger partial charge >= 0.3 is 0 Å². The number of pyridine rings is 1. The summed E-state index contributed by atoms with van der Waals surface area (Å²) in [5, 5.41) is 0. The predicted molar refractivity (Wildman–Crippen MR) is 67.7 cm³/mol. The zero-order chi connectivity index (χ0) is 13.2. The number of fused-ring (bicyclic) bond motifs is 1. The van der Waals surface area contributed by atoms with E-state index >= 15 is 0 Å². The molecule has 2 heterocycles. The predicted octanol–water partition coefficient (Wildman–Crippen LogP) is 3.02. The molecule has 0 saturated carbocycles. The third kappa shape index (κ3) is 2.45. The summed E-state index contributed by atoms with van der Waals surface area (Å²) >= 11 is 0. The summed E-state index contributed by atoms with van der Waals surface area (Å²) in [6, 6.07) is 5.93. The molecule has 0 spiro atoms. The number of halogens is 2. The molecule has 0 fully saturated rings. The second-order valence-corrected chi connectivity index (χ2v) is 4.32. The highest BCUT2D eigenvalue weighted by Crippen LogP contribution is 2.18. The fourth-order valence-corrected chi connectivity index (χ4v) is 2.02. The summed E-state index contributed by atoms with van der Waals surface area (Å²) < 4.78 is 26.6. The number of aryl methyl sites for hydroxylation is 2. The molecule has 0 aliphatic heterocycles. The van der Waals surface area contributed by atoms with E-state index in [9.17, 15) is 8.78 Å². The average molecular weight is 259 g/mol. The van der Waals surface area contributed by atoms with Crippen molar-refractivity contribution in [2.45, 2.75) is 12.8 Å². The van der Waals surface area contributed by atoms with Crippen molar-refractivity contribution < 1.29 is 8.78 Å². The Morgan fingerprint density at radius 2 is 1.84 bits per heavy atom. The van der Waals surface area contributed by atoms with Gasteiger partial charge in [0.15, 0.2) is 5.82 Å². The van der Waals surface area contributed by atoms with E-state index in [2.05, 4.69) is 15.0 Å². The SMILES string of the molecule is Fc1cc(F)c2nc(CCc3ccncc3)[nH]c2c1. The van der Waals surface area contributed by atoms with Crippen molar-refractivity contribution in [3.05, 3.63) is 59.7 Å². The maximum Gasteiger partial charge on any atom is 0.153 e. The number of hydrogen-bond acceptors (Lipinski definition) is 2. The molecular weight excluding hydrogens is 248 g/mol. The molecule has 0 aliphatic rings. The van der Waals surface area contributed by atoms with Crippen LogP contribution in [0.4, 0.5) is 8.78 Å². The lowest BCUT2D eigenvalue weighted by Crippen LogP contribution is -1.93. The zero-order valence-corrected chi connectivity index (χ0v) is 10.0. The van der Waals surface area contributed by atoms with Crippen LogP contribution in [-0.4, -0.2) is 15.0 Å². The Hall–Kier alpha value is -2.30. The van der Waals surface area contributed by atoms with Crippen LogP contribution in [0, 0.1) is 11.6 Å². The molecule has 3 aromatic rings. The van der Waals surface area contributed by atoms with Gasteiger partial charge in [-0.25, -0.2) is 13.8 Å².